The van der Waals surface area contributed by atoms with Gasteiger partial charge >= 0.3 is 0 Å². The molecule has 3 rings (SSSR count). The van der Waals surface area contributed by atoms with Crippen molar-refractivity contribution in [1.29, 1.82) is 0 Å². The van der Waals surface area contributed by atoms with Gasteiger partial charge in [-0.25, -0.2) is 0 Å². The number of hydrogen-bond acceptors (Lipinski definition) is 5. The standard InChI is InChI=1S/C18H25N3O2/c1-13-19-20-17(22-13)12-21-10-15(14-8-6-5-7-9-14)23-16(11-21)18(2,3)4/h5-9,15-16H,10-12H2,1-4H3/t15-,16+/m0/s1. The second kappa shape index (κ2) is 6.42. The molecule has 23 heavy (non-hydrogen) atoms. The van der Waals surface area contributed by atoms with Crippen LogP contribution in [0.3, 0.4) is 0 Å². The Morgan fingerprint density at radius 2 is 1.87 bits per heavy atom. The minimum absolute atomic E-state index is 0.0678. The quantitative estimate of drug-likeness (QED) is 0.869. The van der Waals surface area contributed by atoms with Crippen molar-refractivity contribution in [3.63, 3.8) is 0 Å². The highest BCUT2D eigenvalue weighted by Crippen LogP contribution is 2.33. The molecule has 2 heterocycles. The van der Waals surface area contributed by atoms with Crippen molar-refractivity contribution in [2.75, 3.05) is 13.1 Å². The van der Waals surface area contributed by atoms with Gasteiger partial charge in [-0.15, -0.1) is 10.2 Å². The van der Waals surface area contributed by atoms with Crippen LogP contribution in [0, 0.1) is 12.3 Å². The molecule has 0 spiro atoms. The van der Waals surface area contributed by atoms with Gasteiger partial charge < -0.3 is 9.15 Å². The lowest BCUT2D eigenvalue weighted by atomic mass is 9.87. The molecule has 0 N–H and O–H groups in total. The fourth-order valence-corrected chi connectivity index (χ4v) is 2.88. The maximum Gasteiger partial charge on any atom is 0.230 e. The van der Waals surface area contributed by atoms with Crippen LogP contribution in [0.15, 0.2) is 34.7 Å². The average Bonchev–Trinajstić information content (AvgIpc) is 2.92. The largest absolute Gasteiger partial charge is 0.424 e. The number of morpholine rings is 1. The van der Waals surface area contributed by atoms with Gasteiger partial charge in [0.2, 0.25) is 11.8 Å². The summed E-state index contributed by atoms with van der Waals surface area (Å²) in [6, 6.07) is 10.4. The third kappa shape index (κ3) is 3.98. The highest BCUT2D eigenvalue weighted by Gasteiger charge is 2.36. The van der Waals surface area contributed by atoms with E-state index in [-0.39, 0.29) is 17.6 Å². The van der Waals surface area contributed by atoms with E-state index in [4.69, 9.17) is 9.15 Å². The van der Waals surface area contributed by atoms with Crippen LogP contribution < -0.4 is 0 Å². The summed E-state index contributed by atoms with van der Waals surface area (Å²) >= 11 is 0. The molecule has 2 atom stereocenters. The smallest absolute Gasteiger partial charge is 0.230 e. The van der Waals surface area contributed by atoms with Crippen molar-refractivity contribution < 1.29 is 9.15 Å². The fourth-order valence-electron chi connectivity index (χ4n) is 2.88. The van der Waals surface area contributed by atoms with Crippen molar-refractivity contribution in [2.24, 2.45) is 5.41 Å². The summed E-state index contributed by atoms with van der Waals surface area (Å²) in [4.78, 5) is 2.35. The molecule has 0 unspecified atom stereocenters. The van der Waals surface area contributed by atoms with Crippen molar-refractivity contribution in [1.82, 2.24) is 15.1 Å². The van der Waals surface area contributed by atoms with Gasteiger partial charge in [0.1, 0.15) is 0 Å². The van der Waals surface area contributed by atoms with Crippen molar-refractivity contribution in [3.05, 3.63) is 47.7 Å². The van der Waals surface area contributed by atoms with E-state index in [9.17, 15) is 0 Å². The van der Waals surface area contributed by atoms with Crippen molar-refractivity contribution in [2.45, 2.75) is 46.4 Å². The van der Waals surface area contributed by atoms with Gasteiger partial charge in [-0.05, 0) is 11.0 Å². The Kier molecular flexibility index (Phi) is 4.50. The van der Waals surface area contributed by atoms with E-state index in [1.807, 2.05) is 13.0 Å². The van der Waals surface area contributed by atoms with E-state index in [2.05, 4.69) is 60.1 Å². The first kappa shape index (κ1) is 16.1. The molecule has 124 valence electrons. The highest BCUT2D eigenvalue weighted by molar-refractivity contribution is 5.18. The normalized spacial score (nSPS) is 23.1. The molecule has 1 saturated heterocycles. The summed E-state index contributed by atoms with van der Waals surface area (Å²) in [6.45, 7) is 10.9. The van der Waals surface area contributed by atoms with Gasteiger partial charge in [0.25, 0.3) is 0 Å². The molecular formula is C18H25N3O2. The van der Waals surface area contributed by atoms with Gasteiger partial charge in [0.15, 0.2) is 0 Å². The Hall–Kier alpha value is -1.72. The lowest BCUT2D eigenvalue weighted by Gasteiger charge is -2.43. The Morgan fingerprint density at radius 3 is 2.48 bits per heavy atom. The van der Waals surface area contributed by atoms with E-state index in [0.29, 0.717) is 18.3 Å². The number of aromatic nitrogens is 2. The first-order valence-electron chi connectivity index (χ1n) is 8.13. The van der Waals surface area contributed by atoms with Crippen LogP contribution in [0.5, 0.6) is 0 Å². The molecule has 0 saturated carbocycles. The van der Waals surface area contributed by atoms with Crippen molar-refractivity contribution in [3.8, 4) is 0 Å². The third-order valence-electron chi connectivity index (χ3n) is 4.24. The monoisotopic (exact) mass is 315 g/mol. The summed E-state index contributed by atoms with van der Waals surface area (Å²) in [7, 11) is 0. The highest BCUT2D eigenvalue weighted by atomic mass is 16.5. The number of benzene rings is 1. The van der Waals surface area contributed by atoms with E-state index in [1.165, 1.54) is 5.56 Å². The molecule has 5 nitrogen and oxygen atoms in total. The predicted molar refractivity (Wildman–Crippen MR) is 87.8 cm³/mol. The number of hydrogen-bond donors (Lipinski definition) is 0. The Morgan fingerprint density at radius 1 is 1.13 bits per heavy atom. The van der Waals surface area contributed by atoms with Gasteiger partial charge in [0.05, 0.1) is 18.8 Å². The molecule has 1 fully saturated rings. The molecule has 1 aromatic heterocycles. The first-order valence-corrected chi connectivity index (χ1v) is 8.13. The SMILES string of the molecule is Cc1nnc(CN2C[C@@H](c3ccccc3)O[C@@H](C(C)(C)C)C2)o1. The maximum absolute atomic E-state index is 6.40. The zero-order chi connectivity index (χ0) is 16.4. The number of ether oxygens (including phenoxy) is 1. The molecule has 5 heteroatoms. The summed E-state index contributed by atoms with van der Waals surface area (Å²) in [6.07, 6.45) is 0.226. The molecule has 1 aliphatic rings. The van der Waals surface area contributed by atoms with Crippen LogP contribution >= 0.6 is 0 Å². The van der Waals surface area contributed by atoms with E-state index in [0.717, 1.165) is 13.1 Å². The molecule has 1 aliphatic heterocycles. The van der Waals surface area contributed by atoms with Gasteiger partial charge in [0, 0.05) is 20.0 Å². The summed E-state index contributed by atoms with van der Waals surface area (Å²) in [5, 5.41) is 8.05. The van der Waals surface area contributed by atoms with Crippen LogP contribution in [0.1, 0.15) is 44.2 Å². The minimum Gasteiger partial charge on any atom is -0.424 e. The Bertz CT molecular complexity index is 633. The Labute approximate surface area is 137 Å². The molecule has 1 aromatic carbocycles. The second-order valence-corrected chi connectivity index (χ2v) is 7.30. The van der Waals surface area contributed by atoms with E-state index in [1.54, 1.807) is 0 Å². The minimum atomic E-state index is 0.0678. The average molecular weight is 315 g/mol. The summed E-state index contributed by atoms with van der Waals surface area (Å²) in [5.41, 5.74) is 1.30. The molecule has 0 amide bonds. The molecule has 2 aromatic rings. The predicted octanol–water partition coefficient (Wildman–Crippen LogP) is 3.37. The lowest BCUT2D eigenvalue weighted by molar-refractivity contribution is -0.132. The summed E-state index contributed by atoms with van der Waals surface area (Å²) in [5.74, 6) is 1.28. The maximum atomic E-state index is 6.40. The topological polar surface area (TPSA) is 51.4 Å². The molecule has 0 bridgehead atoms. The van der Waals surface area contributed by atoms with Crippen LogP contribution in [-0.4, -0.2) is 34.3 Å². The lowest BCUT2D eigenvalue weighted by Crippen LogP contribution is -2.48. The summed E-state index contributed by atoms with van der Waals surface area (Å²) < 4.78 is 11.9. The van der Waals surface area contributed by atoms with Crippen molar-refractivity contribution >= 4 is 0 Å². The van der Waals surface area contributed by atoms with Crippen LogP contribution in [-0.2, 0) is 11.3 Å². The zero-order valence-electron chi connectivity index (χ0n) is 14.3. The molecule has 0 radical (unpaired) electrons. The third-order valence-corrected chi connectivity index (χ3v) is 4.24. The second-order valence-electron chi connectivity index (χ2n) is 7.30. The van der Waals surface area contributed by atoms with Gasteiger partial charge in [-0.2, -0.15) is 0 Å². The number of aryl methyl sites for hydroxylation is 1. The number of nitrogens with zero attached hydrogens (tertiary/aromatic N) is 3. The number of rotatable bonds is 3. The van der Waals surface area contributed by atoms with E-state index >= 15 is 0 Å². The van der Waals surface area contributed by atoms with Crippen LogP contribution in [0.25, 0.3) is 0 Å². The van der Waals surface area contributed by atoms with Crippen LogP contribution in [0.2, 0.25) is 0 Å². The first-order chi connectivity index (χ1) is 10.9. The van der Waals surface area contributed by atoms with Gasteiger partial charge in [-0.1, -0.05) is 51.1 Å². The molecular weight excluding hydrogens is 290 g/mol. The fraction of sp³-hybridized carbons (Fsp3) is 0.556. The van der Waals surface area contributed by atoms with Crippen LogP contribution in [0.4, 0.5) is 0 Å². The molecule has 0 aliphatic carbocycles. The zero-order valence-corrected chi connectivity index (χ0v) is 14.3. The van der Waals surface area contributed by atoms with E-state index < -0.39 is 0 Å². The van der Waals surface area contributed by atoms with Gasteiger partial charge in [-0.3, -0.25) is 4.90 Å². The Balaban J connectivity index is 1.79.